The number of ether oxygens (including phenoxy) is 2. The van der Waals surface area contributed by atoms with Gasteiger partial charge in [-0.1, -0.05) is 12.1 Å². The van der Waals surface area contributed by atoms with Crippen LogP contribution in [-0.2, 0) is 19.1 Å². The van der Waals surface area contributed by atoms with Gasteiger partial charge in [0.2, 0.25) is 0 Å². The van der Waals surface area contributed by atoms with E-state index >= 15 is 0 Å². The molecule has 0 saturated heterocycles. The standard InChI is InChI=1S/C22H22O8/c1-11-5-7-15(9-13(11)3)19(25)29-21(27)17(23)18(24)22(28)30-20(26)16-8-6-12(2)14(4)10-16/h5-10,17-18,23-24H,1-4H3/t17-,18-/m0/s1. The molecule has 8 heteroatoms. The summed E-state index contributed by atoms with van der Waals surface area (Å²) in [6.07, 6.45) is -4.83. The summed E-state index contributed by atoms with van der Waals surface area (Å²) in [4.78, 5) is 47.9. The fourth-order valence-corrected chi connectivity index (χ4v) is 2.42. The van der Waals surface area contributed by atoms with Crippen molar-refractivity contribution in [1.82, 2.24) is 0 Å². The van der Waals surface area contributed by atoms with E-state index in [2.05, 4.69) is 9.47 Å². The minimum atomic E-state index is -2.42. The lowest BCUT2D eigenvalue weighted by molar-refractivity contribution is -0.166. The molecule has 2 aromatic rings. The number of aliphatic hydroxyl groups is 2. The number of esters is 4. The Bertz CT molecular complexity index is 927. The molecule has 0 bridgehead atoms. The van der Waals surface area contributed by atoms with Crippen LogP contribution in [0.15, 0.2) is 36.4 Å². The Morgan fingerprint density at radius 3 is 1.27 bits per heavy atom. The summed E-state index contributed by atoms with van der Waals surface area (Å²) in [5, 5.41) is 19.7. The van der Waals surface area contributed by atoms with Gasteiger partial charge in [-0.25, -0.2) is 19.2 Å². The molecule has 0 aliphatic rings. The Kier molecular flexibility index (Phi) is 7.20. The zero-order valence-corrected chi connectivity index (χ0v) is 17.0. The molecule has 158 valence electrons. The normalized spacial score (nSPS) is 12.6. The number of aryl methyl sites for hydroxylation is 4. The fourth-order valence-electron chi connectivity index (χ4n) is 2.42. The first-order valence-electron chi connectivity index (χ1n) is 9.04. The Morgan fingerprint density at radius 2 is 0.967 bits per heavy atom. The Hall–Kier alpha value is -3.36. The second-order valence-electron chi connectivity index (χ2n) is 6.90. The average molecular weight is 414 g/mol. The molecule has 0 heterocycles. The molecule has 0 fully saturated rings. The van der Waals surface area contributed by atoms with Crippen molar-refractivity contribution in [3.05, 3.63) is 69.8 Å². The summed E-state index contributed by atoms with van der Waals surface area (Å²) in [6.45, 7) is 7.19. The summed E-state index contributed by atoms with van der Waals surface area (Å²) in [6, 6.07) is 9.14. The number of aliphatic hydroxyl groups excluding tert-OH is 2. The zero-order chi connectivity index (χ0) is 22.6. The second kappa shape index (κ2) is 9.43. The zero-order valence-electron chi connectivity index (χ0n) is 17.0. The highest BCUT2D eigenvalue weighted by atomic mass is 16.6. The third-order valence-electron chi connectivity index (χ3n) is 4.65. The summed E-state index contributed by atoms with van der Waals surface area (Å²) < 4.78 is 9.00. The maximum atomic E-state index is 12.0. The number of hydrogen-bond donors (Lipinski definition) is 2. The molecule has 2 rings (SSSR count). The van der Waals surface area contributed by atoms with Crippen molar-refractivity contribution in [1.29, 1.82) is 0 Å². The molecule has 0 unspecified atom stereocenters. The second-order valence-corrected chi connectivity index (χ2v) is 6.90. The molecule has 0 aliphatic carbocycles. The molecule has 2 aromatic carbocycles. The van der Waals surface area contributed by atoms with E-state index < -0.39 is 36.1 Å². The van der Waals surface area contributed by atoms with Gasteiger partial charge < -0.3 is 19.7 Å². The number of carbonyl (C=O) groups is 4. The topological polar surface area (TPSA) is 127 Å². The minimum absolute atomic E-state index is 0.0561. The fraction of sp³-hybridized carbons (Fsp3) is 0.273. The summed E-state index contributed by atoms with van der Waals surface area (Å²) in [7, 11) is 0. The molecule has 8 nitrogen and oxygen atoms in total. The van der Waals surface area contributed by atoms with Gasteiger partial charge in [-0.2, -0.15) is 0 Å². The van der Waals surface area contributed by atoms with Crippen molar-refractivity contribution in [2.45, 2.75) is 39.9 Å². The number of carbonyl (C=O) groups excluding carboxylic acids is 4. The van der Waals surface area contributed by atoms with Gasteiger partial charge in [0, 0.05) is 0 Å². The first-order chi connectivity index (χ1) is 14.0. The van der Waals surface area contributed by atoms with Crippen molar-refractivity contribution in [2.75, 3.05) is 0 Å². The van der Waals surface area contributed by atoms with E-state index in [0.29, 0.717) is 0 Å². The van der Waals surface area contributed by atoms with Crippen LogP contribution in [0.5, 0.6) is 0 Å². The van der Waals surface area contributed by atoms with Crippen LogP contribution in [0, 0.1) is 27.7 Å². The van der Waals surface area contributed by atoms with Crippen LogP contribution in [0.1, 0.15) is 43.0 Å². The molecular weight excluding hydrogens is 392 g/mol. The van der Waals surface area contributed by atoms with E-state index in [0.717, 1.165) is 22.3 Å². The van der Waals surface area contributed by atoms with Crippen molar-refractivity contribution in [3.63, 3.8) is 0 Å². The van der Waals surface area contributed by atoms with E-state index in [4.69, 9.17) is 0 Å². The maximum Gasteiger partial charge on any atom is 0.346 e. The summed E-state index contributed by atoms with van der Waals surface area (Å²) >= 11 is 0. The molecule has 0 aromatic heterocycles. The van der Waals surface area contributed by atoms with Gasteiger partial charge in [0.05, 0.1) is 11.1 Å². The summed E-state index contributed by atoms with van der Waals surface area (Å²) in [5.41, 5.74) is 3.52. The predicted octanol–water partition coefficient (Wildman–Crippen LogP) is 1.71. The quantitative estimate of drug-likeness (QED) is 0.559. The highest BCUT2D eigenvalue weighted by molar-refractivity contribution is 6.01. The van der Waals surface area contributed by atoms with Crippen LogP contribution >= 0.6 is 0 Å². The van der Waals surface area contributed by atoms with Gasteiger partial charge in [0.25, 0.3) is 0 Å². The van der Waals surface area contributed by atoms with Crippen molar-refractivity contribution in [2.24, 2.45) is 0 Å². The Morgan fingerprint density at radius 1 is 0.633 bits per heavy atom. The molecule has 30 heavy (non-hydrogen) atoms. The lowest BCUT2D eigenvalue weighted by Crippen LogP contribution is -2.43. The van der Waals surface area contributed by atoms with Gasteiger partial charge in [-0.15, -0.1) is 0 Å². The third-order valence-corrected chi connectivity index (χ3v) is 4.65. The lowest BCUT2D eigenvalue weighted by atomic mass is 10.1. The van der Waals surface area contributed by atoms with E-state index in [-0.39, 0.29) is 11.1 Å². The maximum absolute atomic E-state index is 12.0. The van der Waals surface area contributed by atoms with Gasteiger partial charge in [0.1, 0.15) is 0 Å². The van der Waals surface area contributed by atoms with Crippen LogP contribution in [0.2, 0.25) is 0 Å². The third kappa shape index (κ3) is 5.37. The monoisotopic (exact) mass is 414 g/mol. The smallest absolute Gasteiger partial charge is 0.346 e. The SMILES string of the molecule is Cc1ccc(C(=O)OC(=O)[C@@H](O)[C@H](O)C(=O)OC(=O)c2ccc(C)c(C)c2)cc1C. The average Bonchev–Trinajstić information content (AvgIpc) is 2.70. The van der Waals surface area contributed by atoms with Crippen LogP contribution in [0.25, 0.3) is 0 Å². The molecule has 0 aliphatic heterocycles. The first kappa shape index (κ1) is 22.9. The predicted molar refractivity (Wildman–Crippen MR) is 105 cm³/mol. The minimum Gasteiger partial charge on any atom is -0.387 e. The Labute approximate surface area is 173 Å². The molecule has 0 amide bonds. The number of rotatable bonds is 5. The molecule has 0 spiro atoms. The van der Waals surface area contributed by atoms with Gasteiger partial charge in [0.15, 0.2) is 12.2 Å². The lowest BCUT2D eigenvalue weighted by Gasteiger charge is -2.15. The largest absolute Gasteiger partial charge is 0.387 e. The highest BCUT2D eigenvalue weighted by Crippen LogP contribution is 2.13. The van der Waals surface area contributed by atoms with Crippen LogP contribution < -0.4 is 0 Å². The first-order valence-corrected chi connectivity index (χ1v) is 9.04. The van der Waals surface area contributed by atoms with Gasteiger partial charge >= 0.3 is 23.9 Å². The van der Waals surface area contributed by atoms with Crippen LogP contribution in [0.4, 0.5) is 0 Å². The number of hydrogen-bond acceptors (Lipinski definition) is 8. The van der Waals surface area contributed by atoms with E-state index in [1.54, 1.807) is 26.0 Å². The van der Waals surface area contributed by atoms with Gasteiger partial charge in [-0.3, -0.25) is 0 Å². The van der Waals surface area contributed by atoms with Crippen molar-refractivity contribution in [3.8, 4) is 0 Å². The van der Waals surface area contributed by atoms with E-state index in [1.807, 2.05) is 13.8 Å². The number of benzene rings is 2. The molecule has 2 N–H and O–H groups in total. The molecule has 0 radical (unpaired) electrons. The summed E-state index contributed by atoms with van der Waals surface area (Å²) in [5.74, 6) is -5.23. The molecular formula is C22H22O8. The van der Waals surface area contributed by atoms with E-state index in [1.165, 1.54) is 24.3 Å². The van der Waals surface area contributed by atoms with Crippen molar-refractivity contribution >= 4 is 23.9 Å². The molecule has 2 atom stereocenters. The van der Waals surface area contributed by atoms with Crippen LogP contribution in [-0.4, -0.2) is 46.3 Å². The van der Waals surface area contributed by atoms with Gasteiger partial charge in [-0.05, 0) is 74.2 Å². The highest BCUT2D eigenvalue weighted by Gasteiger charge is 2.35. The van der Waals surface area contributed by atoms with E-state index in [9.17, 15) is 29.4 Å². The van der Waals surface area contributed by atoms with Crippen LogP contribution in [0.3, 0.4) is 0 Å². The molecule has 0 saturated carbocycles. The van der Waals surface area contributed by atoms with Crippen molar-refractivity contribution < 1.29 is 38.9 Å². The Balaban J connectivity index is 1.99.